The van der Waals surface area contributed by atoms with Crippen LogP contribution >= 0.6 is 0 Å². The first-order chi connectivity index (χ1) is 12.3. The molecule has 0 unspecified atom stereocenters. The van der Waals surface area contributed by atoms with Crippen LogP contribution in [-0.2, 0) is 6.42 Å². The number of hydrogen-bond donors (Lipinski definition) is 2. The largest absolute Gasteiger partial charge is 0.416 e. The van der Waals surface area contributed by atoms with Gasteiger partial charge >= 0.3 is 0 Å². The Balaban J connectivity index is 0.000000730. The van der Waals surface area contributed by atoms with Crippen LogP contribution in [0, 0.1) is 0 Å². The zero-order valence-electron chi connectivity index (χ0n) is 14.5. The summed E-state index contributed by atoms with van der Waals surface area (Å²) < 4.78 is 5.69. The summed E-state index contributed by atoms with van der Waals surface area (Å²) in [6.45, 7) is 2.11. The molecule has 0 aliphatic carbocycles. The maximum atomic E-state index is 10.8. The van der Waals surface area contributed by atoms with Gasteiger partial charge in [-0.25, -0.2) is 0 Å². The molecule has 132 valence electrons. The van der Waals surface area contributed by atoms with Gasteiger partial charge in [-0.3, -0.25) is 4.79 Å². The van der Waals surface area contributed by atoms with Crippen molar-refractivity contribution in [1.29, 1.82) is 0 Å². The molecular formula is C19H22N2O4. The number of aryl methyl sites for hydroxylation is 1. The molecule has 3 rings (SSSR count). The summed E-state index contributed by atoms with van der Waals surface area (Å²) in [7, 11) is 2.00. The predicted molar refractivity (Wildman–Crippen MR) is 96.2 cm³/mol. The fourth-order valence-corrected chi connectivity index (χ4v) is 2.08. The molecular weight excluding hydrogens is 320 g/mol. The van der Waals surface area contributed by atoms with Crippen molar-refractivity contribution >= 4 is 6.29 Å². The minimum Gasteiger partial charge on any atom is -0.416 e. The molecule has 0 bridgehead atoms. The van der Waals surface area contributed by atoms with E-state index in [4.69, 9.17) is 14.6 Å². The average Bonchev–Trinajstić information content (AvgIpc) is 3.21. The maximum Gasteiger partial charge on any atom is 0.248 e. The Bertz CT molecular complexity index is 767. The van der Waals surface area contributed by atoms with Crippen LogP contribution in [0.5, 0.6) is 0 Å². The van der Waals surface area contributed by atoms with E-state index in [-0.39, 0.29) is 0 Å². The Morgan fingerprint density at radius 2 is 1.52 bits per heavy atom. The molecule has 0 saturated heterocycles. The van der Waals surface area contributed by atoms with Gasteiger partial charge in [0.05, 0.1) is 0 Å². The zero-order chi connectivity index (χ0) is 18.7. The molecule has 3 aromatic rings. The molecule has 0 amide bonds. The monoisotopic (exact) mass is 342 g/mol. The first-order valence-corrected chi connectivity index (χ1v) is 7.68. The molecule has 2 aromatic carbocycles. The normalized spacial score (nSPS) is 9.32. The van der Waals surface area contributed by atoms with Crippen LogP contribution < -0.4 is 0 Å². The third-order valence-corrected chi connectivity index (χ3v) is 3.30. The minimum atomic E-state index is 0.410. The van der Waals surface area contributed by atoms with Crippen LogP contribution in [0.2, 0.25) is 0 Å². The molecule has 1 aromatic heterocycles. The fraction of sp³-hybridized carbons (Fsp3) is 0.211. The summed E-state index contributed by atoms with van der Waals surface area (Å²) in [6.07, 6.45) is 1.79. The second kappa shape index (κ2) is 10.9. The van der Waals surface area contributed by atoms with Crippen molar-refractivity contribution in [2.45, 2.75) is 13.3 Å². The number of benzene rings is 2. The van der Waals surface area contributed by atoms with E-state index in [2.05, 4.69) is 17.1 Å². The van der Waals surface area contributed by atoms with Gasteiger partial charge in [0.2, 0.25) is 11.8 Å². The first kappa shape index (κ1) is 20.2. The quantitative estimate of drug-likeness (QED) is 0.708. The Hall–Kier alpha value is -2.83. The molecule has 6 heteroatoms. The van der Waals surface area contributed by atoms with Crippen molar-refractivity contribution in [3.63, 3.8) is 0 Å². The van der Waals surface area contributed by atoms with Crippen molar-refractivity contribution in [1.82, 2.24) is 10.2 Å². The number of rotatable bonds is 4. The van der Waals surface area contributed by atoms with Crippen molar-refractivity contribution in [2.75, 3.05) is 14.2 Å². The van der Waals surface area contributed by atoms with Gasteiger partial charge in [-0.05, 0) is 36.2 Å². The van der Waals surface area contributed by atoms with Gasteiger partial charge in [-0.1, -0.05) is 31.2 Å². The SMILES string of the molecule is CCc1ccc(-c2nnc(-c3cccc(C=O)c3)o2)cc1.CO.CO. The molecule has 0 fully saturated rings. The lowest BCUT2D eigenvalue weighted by Gasteiger charge is -1.98. The summed E-state index contributed by atoms with van der Waals surface area (Å²) in [5.41, 5.74) is 3.47. The van der Waals surface area contributed by atoms with Gasteiger partial charge in [0.25, 0.3) is 0 Å². The summed E-state index contributed by atoms with van der Waals surface area (Å²) in [5, 5.41) is 22.1. The van der Waals surface area contributed by atoms with E-state index < -0.39 is 0 Å². The van der Waals surface area contributed by atoms with Gasteiger partial charge in [-0.15, -0.1) is 10.2 Å². The van der Waals surface area contributed by atoms with E-state index in [9.17, 15) is 4.79 Å². The Morgan fingerprint density at radius 3 is 2.08 bits per heavy atom. The predicted octanol–water partition coefficient (Wildman–Crippen LogP) is 3.00. The topological polar surface area (TPSA) is 96.5 Å². The standard InChI is InChI=1S/C17H14N2O2.2CH4O/c1-2-12-6-8-14(9-7-12)16-18-19-17(21-16)15-5-3-4-13(10-15)11-20;2*1-2/h3-11H,2H2,1H3;2*2H,1H3. The van der Waals surface area contributed by atoms with Crippen molar-refractivity contribution < 1.29 is 19.4 Å². The number of nitrogens with zero attached hydrogens (tertiary/aromatic N) is 2. The summed E-state index contributed by atoms with van der Waals surface area (Å²) in [5.74, 6) is 0.887. The van der Waals surface area contributed by atoms with Gasteiger partial charge in [0.1, 0.15) is 6.29 Å². The number of carbonyl (C=O) groups excluding carboxylic acids is 1. The molecule has 0 saturated carbocycles. The molecule has 0 spiro atoms. The Morgan fingerprint density at radius 1 is 0.920 bits per heavy atom. The lowest BCUT2D eigenvalue weighted by molar-refractivity contribution is 0.112. The molecule has 0 atom stereocenters. The maximum absolute atomic E-state index is 10.8. The second-order valence-electron chi connectivity index (χ2n) is 4.71. The summed E-state index contributed by atoms with van der Waals surface area (Å²) >= 11 is 0. The van der Waals surface area contributed by atoms with E-state index >= 15 is 0 Å². The second-order valence-corrected chi connectivity index (χ2v) is 4.71. The fourth-order valence-electron chi connectivity index (χ4n) is 2.08. The number of carbonyl (C=O) groups is 1. The van der Waals surface area contributed by atoms with E-state index in [1.54, 1.807) is 18.2 Å². The van der Waals surface area contributed by atoms with E-state index in [1.807, 2.05) is 30.3 Å². The van der Waals surface area contributed by atoms with Crippen LogP contribution in [0.15, 0.2) is 52.9 Å². The van der Waals surface area contributed by atoms with Crippen LogP contribution in [0.4, 0.5) is 0 Å². The van der Waals surface area contributed by atoms with E-state index in [0.717, 1.165) is 38.1 Å². The van der Waals surface area contributed by atoms with Crippen LogP contribution in [0.3, 0.4) is 0 Å². The highest BCUT2D eigenvalue weighted by Gasteiger charge is 2.10. The molecule has 1 heterocycles. The van der Waals surface area contributed by atoms with E-state index in [0.29, 0.717) is 17.3 Å². The zero-order valence-corrected chi connectivity index (χ0v) is 14.5. The molecule has 2 N–H and O–H groups in total. The van der Waals surface area contributed by atoms with Crippen molar-refractivity contribution in [3.8, 4) is 22.9 Å². The Labute approximate surface area is 146 Å². The third kappa shape index (κ3) is 5.34. The smallest absolute Gasteiger partial charge is 0.248 e. The van der Waals surface area contributed by atoms with Crippen LogP contribution in [-0.4, -0.2) is 40.9 Å². The van der Waals surface area contributed by atoms with Crippen LogP contribution in [0.25, 0.3) is 22.9 Å². The highest BCUT2D eigenvalue weighted by atomic mass is 16.4. The van der Waals surface area contributed by atoms with E-state index in [1.165, 1.54) is 5.56 Å². The average molecular weight is 342 g/mol. The van der Waals surface area contributed by atoms with Crippen LogP contribution in [0.1, 0.15) is 22.8 Å². The molecule has 6 nitrogen and oxygen atoms in total. The lowest BCUT2D eigenvalue weighted by atomic mass is 10.1. The number of aldehydes is 1. The first-order valence-electron chi connectivity index (χ1n) is 7.68. The van der Waals surface area contributed by atoms with Crippen molar-refractivity contribution in [3.05, 3.63) is 59.7 Å². The van der Waals surface area contributed by atoms with Gasteiger partial charge in [0.15, 0.2) is 0 Å². The summed E-state index contributed by atoms with van der Waals surface area (Å²) in [4.78, 5) is 10.8. The Kier molecular flexibility index (Phi) is 8.78. The van der Waals surface area contributed by atoms with Crippen molar-refractivity contribution in [2.24, 2.45) is 0 Å². The highest BCUT2D eigenvalue weighted by molar-refractivity contribution is 5.77. The molecule has 0 radical (unpaired) electrons. The lowest BCUT2D eigenvalue weighted by Crippen LogP contribution is -1.82. The van der Waals surface area contributed by atoms with Gasteiger partial charge in [-0.2, -0.15) is 0 Å². The third-order valence-electron chi connectivity index (χ3n) is 3.30. The van der Waals surface area contributed by atoms with Gasteiger partial charge < -0.3 is 14.6 Å². The number of hydrogen-bond acceptors (Lipinski definition) is 6. The molecule has 0 aliphatic heterocycles. The molecule has 25 heavy (non-hydrogen) atoms. The number of aliphatic hydroxyl groups is 2. The summed E-state index contributed by atoms with van der Waals surface area (Å²) in [6, 6.07) is 15.1. The minimum absolute atomic E-state index is 0.410. The number of aliphatic hydroxyl groups excluding tert-OH is 2. The highest BCUT2D eigenvalue weighted by Crippen LogP contribution is 2.24. The number of aromatic nitrogens is 2. The molecule has 0 aliphatic rings. The van der Waals surface area contributed by atoms with Gasteiger partial charge in [0, 0.05) is 30.9 Å².